The molecule has 1 unspecified atom stereocenters. The maximum Gasteiger partial charge on any atom is 0.254 e. The van der Waals surface area contributed by atoms with E-state index in [1.165, 1.54) is 30.0 Å². The number of halogens is 2. The number of thioether (sulfide) groups is 1. The molecule has 1 aromatic heterocycles. The summed E-state index contributed by atoms with van der Waals surface area (Å²) in [6, 6.07) is 15.0. The van der Waals surface area contributed by atoms with Crippen LogP contribution in [0, 0.1) is 17.6 Å². The average Bonchev–Trinajstić information content (AvgIpc) is 3.77. The Morgan fingerprint density at radius 3 is 2.31 bits per heavy atom. The lowest BCUT2D eigenvalue weighted by Crippen LogP contribution is -2.51. The molecule has 0 saturated heterocycles. The molecule has 10 nitrogen and oxygen atoms in total. The van der Waals surface area contributed by atoms with E-state index in [1.807, 2.05) is 54.4 Å². The summed E-state index contributed by atoms with van der Waals surface area (Å²) in [5.74, 6) is -1.92. The topological polar surface area (TPSA) is 121 Å². The lowest BCUT2D eigenvalue weighted by Gasteiger charge is -2.39. The molecule has 5 rings (SSSR count). The second-order valence-corrected chi connectivity index (χ2v) is 23.5. The molecule has 2 N–H and O–H groups in total. The van der Waals surface area contributed by atoms with E-state index >= 15 is 4.39 Å². The highest BCUT2D eigenvalue weighted by Gasteiger charge is 2.37. The van der Waals surface area contributed by atoms with Gasteiger partial charge in [0.05, 0.1) is 11.8 Å². The first-order chi connectivity index (χ1) is 28.3. The molecule has 1 aliphatic heterocycles. The van der Waals surface area contributed by atoms with Gasteiger partial charge in [-0.25, -0.2) is 8.78 Å². The van der Waals surface area contributed by atoms with Crippen LogP contribution in [0.3, 0.4) is 0 Å². The first kappa shape index (κ1) is 45.5. The molecule has 0 radical (unpaired) electrons. The maximum atomic E-state index is 15.2. The van der Waals surface area contributed by atoms with Gasteiger partial charge in [0, 0.05) is 81.6 Å². The molecule has 318 valence electrons. The molecule has 14 heteroatoms. The molecule has 3 aromatic rings. The smallest absolute Gasteiger partial charge is 0.254 e. The molecule has 5 amide bonds. The summed E-state index contributed by atoms with van der Waals surface area (Å²) >= 11 is 1.39. The van der Waals surface area contributed by atoms with Crippen LogP contribution in [0.4, 0.5) is 8.78 Å². The van der Waals surface area contributed by atoms with Gasteiger partial charge in [0.25, 0.3) is 11.8 Å². The Bertz CT molecular complexity index is 1940. The minimum atomic E-state index is -1.56. The lowest BCUT2D eigenvalue weighted by molar-refractivity contribution is -0.145. The van der Waals surface area contributed by atoms with Gasteiger partial charge >= 0.3 is 0 Å². The maximum absolute atomic E-state index is 15.2. The average molecular weight is 848 g/mol. The Morgan fingerprint density at radius 2 is 1.63 bits per heavy atom. The van der Waals surface area contributed by atoms with Crippen molar-refractivity contribution in [2.75, 3.05) is 31.1 Å². The van der Waals surface area contributed by atoms with E-state index in [-0.39, 0.29) is 54.6 Å². The van der Waals surface area contributed by atoms with Crippen LogP contribution in [-0.4, -0.2) is 89.2 Å². The van der Waals surface area contributed by atoms with Gasteiger partial charge in [0.2, 0.25) is 17.7 Å². The van der Waals surface area contributed by atoms with Crippen LogP contribution in [0.5, 0.6) is 0 Å². The number of hydrogen-bond acceptors (Lipinski definition) is 6. The van der Waals surface area contributed by atoms with E-state index in [9.17, 15) is 28.4 Å². The molecule has 2 heterocycles. The van der Waals surface area contributed by atoms with E-state index in [4.69, 9.17) is 0 Å². The third-order valence-electron chi connectivity index (χ3n) is 11.0. The predicted molar refractivity (Wildman–Crippen MR) is 232 cm³/mol. The first-order valence-electron chi connectivity index (χ1n) is 20.9. The Morgan fingerprint density at radius 1 is 0.932 bits per heavy atom. The molecular weight excluding hydrogens is 789 g/mol. The molecule has 0 bridgehead atoms. The van der Waals surface area contributed by atoms with E-state index in [0.29, 0.717) is 30.8 Å². The molecule has 1 saturated carbocycles. The number of rotatable bonds is 21. The fourth-order valence-electron chi connectivity index (χ4n) is 7.99. The van der Waals surface area contributed by atoms with Gasteiger partial charge in [-0.2, -0.15) is 11.8 Å². The highest BCUT2D eigenvalue weighted by molar-refractivity contribution is 7.99. The molecular formula is C45H59F2N5O5SSi. The number of carbonyl (C=O) groups excluding carboxylic acids is 5. The summed E-state index contributed by atoms with van der Waals surface area (Å²) in [4.78, 5) is 67.9. The quantitative estimate of drug-likeness (QED) is 0.0644. The van der Waals surface area contributed by atoms with Crippen molar-refractivity contribution in [3.8, 4) is 11.1 Å². The Labute approximate surface area is 352 Å². The summed E-state index contributed by atoms with van der Waals surface area (Å²) in [6.07, 6.45) is 10.7. The summed E-state index contributed by atoms with van der Waals surface area (Å²) in [5, 5.41) is 5.59. The monoisotopic (exact) mass is 847 g/mol. The van der Waals surface area contributed by atoms with Crippen molar-refractivity contribution in [3.63, 3.8) is 0 Å². The van der Waals surface area contributed by atoms with Gasteiger partial charge in [0.15, 0.2) is 0 Å². The van der Waals surface area contributed by atoms with Crippen LogP contribution in [0.1, 0.15) is 75.6 Å². The fourth-order valence-corrected chi connectivity index (χ4v) is 9.95. The van der Waals surface area contributed by atoms with E-state index in [2.05, 4.69) is 34.8 Å². The van der Waals surface area contributed by atoms with E-state index in [0.717, 1.165) is 72.9 Å². The predicted octanol–water partition coefficient (Wildman–Crippen LogP) is 7.72. The number of benzene rings is 2. The van der Waals surface area contributed by atoms with Crippen molar-refractivity contribution >= 4 is 49.4 Å². The minimum absolute atomic E-state index is 0.0321. The van der Waals surface area contributed by atoms with Gasteiger partial charge in [-0.3, -0.25) is 28.9 Å². The normalized spacial score (nSPS) is 15.7. The number of nitrogens with zero attached hydrogens (tertiary/aromatic N) is 3. The molecule has 2 aromatic carbocycles. The summed E-state index contributed by atoms with van der Waals surface area (Å²) in [7, 11) is -1.56. The zero-order valence-electron chi connectivity index (χ0n) is 34.8. The SMILES string of the molecule is CCCN(C(=O)CSCCC(=O)NCCNC(=O)C(CC[Si](C)(C)C)N1C(=O)C=CC1=O)[C@@H](c1cc(-c2cc(F)ccc2F)cn1Cc1ccccc1)C1CCCCC1. The summed E-state index contributed by atoms with van der Waals surface area (Å²) in [5.41, 5.74) is 2.69. The van der Waals surface area contributed by atoms with Gasteiger partial charge in [-0.15, -0.1) is 0 Å². The van der Waals surface area contributed by atoms with Crippen molar-refractivity contribution in [3.05, 3.63) is 95.8 Å². The number of amides is 5. The van der Waals surface area contributed by atoms with E-state index < -0.39 is 43.5 Å². The fraction of sp³-hybridized carbons (Fsp3) is 0.489. The molecule has 1 aliphatic carbocycles. The largest absolute Gasteiger partial charge is 0.354 e. The van der Waals surface area contributed by atoms with Crippen molar-refractivity contribution in [2.24, 2.45) is 5.92 Å². The van der Waals surface area contributed by atoms with Crippen LogP contribution in [0.15, 0.2) is 72.9 Å². The van der Waals surface area contributed by atoms with Gasteiger partial charge in [-0.1, -0.05) is 82.2 Å². The Kier molecular flexibility index (Phi) is 16.7. The van der Waals surface area contributed by atoms with Crippen molar-refractivity contribution in [1.29, 1.82) is 0 Å². The molecule has 0 spiro atoms. The van der Waals surface area contributed by atoms with Crippen molar-refractivity contribution < 1.29 is 32.8 Å². The van der Waals surface area contributed by atoms with Crippen LogP contribution in [-0.2, 0) is 30.5 Å². The Balaban J connectivity index is 1.21. The van der Waals surface area contributed by atoms with Crippen LogP contribution in [0.25, 0.3) is 11.1 Å². The van der Waals surface area contributed by atoms with Crippen LogP contribution in [0.2, 0.25) is 25.7 Å². The number of aromatic nitrogens is 1. The number of hydrogen-bond donors (Lipinski definition) is 2. The highest BCUT2D eigenvalue weighted by atomic mass is 32.2. The van der Waals surface area contributed by atoms with Crippen molar-refractivity contribution in [1.82, 2.24) is 25.0 Å². The highest BCUT2D eigenvalue weighted by Crippen LogP contribution is 2.41. The summed E-state index contributed by atoms with van der Waals surface area (Å²) in [6.45, 7) is 9.88. The van der Waals surface area contributed by atoms with Crippen LogP contribution < -0.4 is 10.6 Å². The lowest BCUT2D eigenvalue weighted by atomic mass is 9.81. The Hall–Kier alpha value is -4.56. The zero-order chi connectivity index (χ0) is 42.5. The third-order valence-corrected chi connectivity index (χ3v) is 13.7. The van der Waals surface area contributed by atoms with Gasteiger partial charge in [0.1, 0.15) is 17.7 Å². The van der Waals surface area contributed by atoms with Crippen molar-refractivity contribution in [2.45, 2.75) is 103 Å². The standard InChI is InChI=1S/C45H59F2N5O5SSi/c1-5-24-51(43(56)31-58-25-20-40(53)48-22-23-49-45(57)38(21-26-59(2,3)4)52-41(54)18-19-42(52)55)44(33-14-10-7-11-15-33)39-27-34(36-28-35(46)16-17-37(36)47)30-50(39)29-32-12-8-6-9-13-32/h6,8-9,12-13,16-19,27-28,30,33,38,44H,5,7,10-11,14-15,20-26,29,31H2,1-4H3,(H,48,53)(H,49,57)/t38?,44-/m1/s1. The number of nitrogens with one attached hydrogen (secondary N) is 2. The van der Waals surface area contributed by atoms with E-state index in [1.54, 1.807) is 0 Å². The van der Waals surface area contributed by atoms with Gasteiger partial charge in [-0.05, 0) is 61.4 Å². The molecule has 2 aliphatic rings. The second-order valence-electron chi connectivity index (χ2n) is 16.8. The molecule has 1 fully saturated rings. The number of carbonyl (C=O) groups is 5. The third kappa shape index (κ3) is 13.0. The summed E-state index contributed by atoms with van der Waals surface area (Å²) < 4.78 is 31.7. The number of imide groups is 1. The van der Waals surface area contributed by atoms with Gasteiger partial charge < -0.3 is 20.1 Å². The first-order valence-corrected chi connectivity index (χ1v) is 25.8. The molecule has 59 heavy (non-hydrogen) atoms. The zero-order valence-corrected chi connectivity index (χ0v) is 36.6. The second kappa shape index (κ2) is 21.6. The van der Waals surface area contributed by atoms with Crippen LogP contribution >= 0.6 is 11.8 Å². The minimum Gasteiger partial charge on any atom is -0.354 e. The molecule has 2 atom stereocenters.